The van der Waals surface area contributed by atoms with Crippen LogP contribution in [-0.2, 0) is 11.3 Å². The molecule has 0 amide bonds. The number of aliphatic hydroxyl groups excluding tert-OH is 1. The van der Waals surface area contributed by atoms with Crippen molar-refractivity contribution in [1.82, 2.24) is 9.88 Å². The van der Waals surface area contributed by atoms with Crippen LogP contribution < -0.4 is 5.73 Å². The Morgan fingerprint density at radius 3 is 2.88 bits per heavy atom. The lowest BCUT2D eigenvalue weighted by molar-refractivity contribution is 0.126. The minimum absolute atomic E-state index is 0.0870. The van der Waals surface area contributed by atoms with Crippen molar-refractivity contribution in [3.05, 3.63) is 22.8 Å². The number of ether oxygens (including phenoxy) is 1. The van der Waals surface area contributed by atoms with Gasteiger partial charge in [-0.25, -0.2) is 4.98 Å². The Morgan fingerprint density at radius 1 is 1.47 bits per heavy atom. The van der Waals surface area contributed by atoms with E-state index in [1.165, 1.54) is 0 Å². The Hall–Kier alpha value is -0.880. The van der Waals surface area contributed by atoms with E-state index in [1.54, 1.807) is 19.2 Å². The number of halogens is 1. The molecule has 0 unspecified atom stereocenters. The lowest BCUT2D eigenvalue weighted by Gasteiger charge is -2.20. The number of nitrogens with two attached hydrogens (primary N) is 1. The summed E-state index contributed by atoms with van der Waals surface area (Å²) in [4.78, 5) is 6.20. The molecule has 5 nitrogen and oxygen atoms in total. The Labute approximate surface area is 106 Å². The SMILES string of the molecule is COCCN(CCO)Cc1nc(N)ccc1Cl. The lowest BCUT2D eigenvalue weighted by atomic mass is 10.3. The van der Waals surface area contributed by atoms with Gasteiger partial charge in [-0.15, -0.1) is 0 Å². The molecule has 0 aliphatic rings. The van der Waals surface area contributed by atoms with Crippen molar-refractivity contribution >= 4 is 17.4 Å². The van der Waals surface area contributed by atoms with Gasteiger partial charge in [0.05, 0.1) is 23.9 Å². The van der Waals surface area contributed by atoms with Crippen LogP contribution in [0.4, 0.5) is 5.82 Å². The largest absolute Gasteiger partial charge is 0.395 e. The number of nitrogen functional groups attached to an aromatic ring is 1. The summed E-state index contributed by atoms with van der Waals surface area (Å²) in [6.45, 7) is 2.50. The molecule has 96 valence electrons. The summed E-state index contributed by atoms with van der Waals surface area (Å²) < 4.78 is 5.01. The second-order valence-electron chi connectivity index (χ2n) is 3.66. The standard InChI is InChI=1S/C11H18ClN3O2/c1-17-7-5-15(4-6-16)8-10-9(12)2-3-11(13)14-10/h2-3,16H,4-8H2,1H3,(H2,13,14). The highest BCUT2D eigenvalue weighted by atomic mass is 35.5. The van der Waals surface area contributed by atoms with E-state index in [9.17, 15) is 0 Å². The van der Waals surface area contributed by atoms with Gasteiger partial charge in [0, 0.05) is 26.7 Å². The Kier molecular flexibility index (Phi) is 6.21. The number of rotatable bonds is 7. The minimum Gasteiger partial charge on any atom is -0.395 e. The van der Waals surface area contributed by atoms with Crippen LogP contribution in [0.2, 0.25) is 5.02 Å². The first-order valence-corrected chi connectivity index (χ1v) is 5.78. The van der Waals surface area contributed by atoms with Crippen LogP contribution in [0, 0.1) is 0 Å². The summed E-state index contributed by atoms with van der Waals surface area (Å²) in [5.74, 6) is 0.445. The lowest BCUT2D eigenvalue weighted by Crippen LogP contribution is -2.30. The molecule has 0 atom stereocenters. The zero-order chi connectivity index (χ0) is 12.7. The smallest absolute Gasteiger partial charge is 0.123 e. The molecule has 6 heteroatoms. The fraction of sp³-hybridized carbons (Fsp3) is 0.545. The number of aliphatic hydroxyl groups is 1. The Bertz CT molecular complexity index is 349. The third-order valence-corrected chi connectivity index (χ3v) is 2.69. The van der Waals surface area contributed by atoms with Crippen molar-refractivity contribution < 1.29 is 9.84 Å². The van der Waals surface area contributed by atoms with E-state index in [0.29, 0.717) is 37.1 Å². The minimum atomic E-state index is 0.0870. The van der Waals surface area contributed by atoms with Crippen molar-refractivity contribution in [2.75, 3.05) is 39.1 Å². The number of anilines is 1. The molecule has 1 rings (SSSR count). The second-order valence-corrected chi connectivity index (χ2v) is 4.06. The van der Waals surface area contributed by atoms with Gasteiger partial charge in [-0.3, -0.25) is 4.90 Å². The predicted octanol–water partition coefficient (Wildman–Crippen LogP) is 0.758. The fourth-order valence-electron chi connectivity index (χ4n) is 1.46. The fourth-order valence-corrected chi connectivity index (χ4v) is 1.62. The molecule has 3 N–H and O–H groups in total. The van der Waals surface area contributed by atoms with Crippen LogP contribution in [0.5, 0.6) is 0 Å². The van der Waals surface area contributed by atoms with E-state index >= 15 is 0 Å². The molecule has 0 aromatic carbocycles. The molecule has 0 aliphatic heterocycles. The topological polar surface area (TPSA) is 71.6 Å². The molecule has 1 aromatic rings. The van der Waals surface area contributed by atoms with Gasteiger partial charge in [-0.1, -0.05) is 11.6 Å². The summed E-state index contributed by atoms with van der Waals surface area (Å²) in [5, 5.41) is 9.56. The molecule has 1 aromatic heterocycles. The molecule has 0 radical (unpaired) electrons. The van der Waals surface area contributed by atoms with E-state index in [4.69, 9.17) is 27.2 Å². The monoisotopic (exact) mass is 259 g/mol. The number of hydrogen-bond acceptors (Lipinski definition) is 5. The molecular weight excluding hydrogens is 242 g/mol. The molecule has 0 bridgehead atoms. The summed E-state index contributed by atoms with van der Waals surface area (Å²) in [6.07, 6.45) is 0. The van der Waals surface area contributed by atoms with Gasteiger partial charge in [0.25, 0.3) is 0 Å². The van der Waals surface area contributed by atoms with Crippen molar-refractivity contribution in [3.63, 3.8) is 0 Å². The molecule has 0 saturated heterocycles. The van der Waals surface area contributed by atoms with Crippen LogP contribution in [0.1, 0.15) is 5.69 Å². The van der Waals surface area contributed by atoms with Gasteiger partial charge < -0.3 is 15.6 Å². The van der Waals surface area contributed by atoms with E-state index in [-0.39, 0.29) is 6.61 Å². The zero-order valence-corrected chi connectivity index (χ0v) is 10.7. The van der Waals surface area contributed by atoms with Gasteiger partial charge in [-0.2, -0.15) is 0 Å². The van der Waals surface area contributed by atoms with Gasteiger partial charge in [0.15, 0.2) is 0 Å². The van der Waals surface area contributed by atoms with Crippen molar-refractivity contribution in [3.8, 4) is 0 Å². The van der Waals surface area contributed by atoms with E-state index in [2.05, 4.69) is 4.98 Å². The summed E-state index contributed by atoms with van der Waals surface area (Å²) in [5.41, 5.74) is 6.33. The van der Waals surface area contributed by atoms with Crippen LogP contribution in [0.25, 0.3) is 0 Å². The summed E-state index contributed by atoms with van der Waals surface area (Å²) in [7, 11) is 1.64. The molecule has 0 fully saturated rings. The van der Waals surface area contributed by atoms with Gasteiger partial charge in [-0.05, 0) is 12.1 Å². The van der Waals surface area contributed by atoms with Gasteiger partial charge in [0.1, 0.15) is 5.82 Å². The number of hydrogen-bond donors (Lipinski definition) is 2. The number of aromatic nitrogens is 1. The summed E-state index contributed by atoms with van der Waals surface area (Å²) in [6, 6.07) is 3.39. The average Bonchev–Trinajstić information content (AvgIpc) is 2.31. The maximum Gasteiger partial charge on any atom is 0.123 e. The van der Waals surface area contributed by atoms with Crippen LogP contribution in [-0.4, -0.2) is 48.4 Å². The molecule has 0 saturated carbocycles. The van der Waals surface area contributed by atoms with Gasteiger partial charge >= 0.3 is 0 Å². The highest BCUT2D eigenvalue weighted by Crippen LogP contribution is 2.16. The first-order valence-electron chi connectivity index (χ1n) is 5.40. The first-order chi connectivity index (χ1) is 8.17. The van der Waals surface area contributed by atoms with Crippen molar-refractivity contribution in [1.29, 1.82) is 0 Å². The maximum atomic E-state index is 8.98. The van der Waals surface area contributed by atoms with Crippen LogP contribution in [0.15, 0.2) is 12.1 Å². The molecule has 0 spiro atoms. The number of nitrogens with zero attached hydrogens (tertiary/aromatic N) is 2. The maximum absolute atomic E-state index is 8.98. The quantitative estimate of drug-likeness (QED) is 0.756. The molecule has 17 heavy (non-hydrogen) atoms. The number of methoxy groups -OCH3 is 1. The van der Waals surface area contributed by atoms with Crippen LogP contribution >= 0.6 is 11.6 Å². The highest BCUT2D eigenvalue weighted by Gasteiger charge is 2.09. The predicted molar refractivity (Wildman–Crippen MR) is 67.9 cm³/mol. The number of pyridine rings is 1. The van der Waals surface area contributed by atoms with Gasteiger partial charge in [0.2, 0.25) is 0 Å². The second kappa shape index (κ2) is 7.45. The first kappa shape index (κ1) is 14.2. The Balaban J connectivity index is 2.67. The molecule has 1 heterocycles. The third kappa shape index (κ3) is 4.87. The zero-order valence-electron chi connectivity index (χ0n) is 9.90. The average molecular weight is 260 g/mol. The summed E-state index contributed by atoms with van der Waals surface area (Å²) >= 11 is 6.04. The Morgan fingerprint density at radius 2 is 2.24 bits per heavy atom. The van der Waals surface area contributed by atoms with E-state index in [0.717, 1.165) is 5.69 Å². The highest BCUT2D eigenvalue weighted by molar-refractivity contribution is 6.31. The molecular formula is C11H18ClN3O2. The van der Waals surface area contributed by atoms with Crippen molar-refractivity contribution in [2.24, 2.45) is 0 Å². The van der Waals surface area contributed by atoms with Crippen molar-refractivity contribution in [2.45, 2.75) is 6.54 Å². The van der Waals surface area contributed by atoms with E-state index < -0.39 is 0 Å². The van der Waals surface area contributed by atoms with Crippen LogP contribution in [0.3, 0.4) is 0 Å². The third-order valence-electron chi connectivity index (χ3n) is 2.34. The van der Waals surface area contributed by atoms with E-state index in [1.807, 2.05) is 4.90 Å². The normalized spacial score (nSPS) is 11.1. The molecule has 0 aliphatic carbocycles.